The fourth-order valence-corrected chi connectivity index (χ4v) is 1.73. The van der Waals surface area contributed by atoms with E-state index in [-0.39, 0.29) is 5.91 Å². The lowest BCUT2D eigenvalue weighted by Gasteiger charge is -2.06. The lowest BCUT2D eigenvalue weighted by atomic mass is 10.2. The molecule has 0 aliphatic rings. The number of nitrogens with zero attached hydrogens (tertiary/aromatic N) is 2. The summed E-state index contributed by atoms with van der Waals surface area (Å²) in [6, 6.07) is 7.45. The third-order valence-electron chi connectivity index (χ3n) is 2.73. The van der Waals surface area contributed by atoms with E-state index in [2.05, 4.69) is 10.4 Å². The number of hydrogen-bond acceptors (Lipinski definition) is 4. The van der Waals surface area contributed by atoms with Crippen molar-refractivity contribution >= 4 is 17.4 Å². The second-order valence-electron chi connectivity index (χ2n) is 4.15. The van der Waals surface area contributed by atoms with Gasteiger partial charge in [-0.2, -0.15) is 5.10 Å². The Labute approximate surface area is 111 Å². The maximum absolute atomic E-state index is 12.0. The first-order chi connectivity index (χ1) is 9.11. The number of anilines is 2. The Hall–Kier alpha value is -2.34. The monoisotopic (exact) mass is 260 g/mol. The topological polar surface area (TPSA) is 82.2 Å². The number of rotatable bonds is 4. The summed E-state index contributed by atoms with van der Waals surface area (Å²) in [6.07, 6.45) is 1.45. The van der Waals surface area contributed by atoms with Gasteiger partial charge in [-0.25, -0.2) is 0 Å². The molecule has 0 aliphatic heterocycles. The number of carbonyl (C=O) groups excluding carboxylic acids is 1. The van der Waals surface area contributed by atoms with Crippen LogP contribution in [0, 0.1) is 0 Å². The van der Waals surface area contributed by atoms with Crippen LogP contribution in [0.5, 0.6) is 0 Å². The van der Waals surface area contributed by atoms with Gasteiger partial charge in [0.2, 0.25) is 0 Å². The summed E-state index contributed by atoms with van der Waals surface area (Å²) in [5.74, 6) is 0.0608. The van der Waals surface area contributed by atoms with Gasteiger partial charge in [0.1, 0.15) is 11.4 Å². The number of nitrogen functional groups attached to an aromatic ring is 1. The van der Waals surface area contributed by atoms with E-state index in [0.717, 1.165) is 5.56 Å². The number of ether oxygens (including phenoxy) is 1. The lowest BCUT2D eigenvalue weighted by Crippen LogP contribution is -2.14. The fraction of sp³-hybridized carbons (Fsp3) is 0.231. The minimum absolute atomic E-state index is 0.278. The Bertz CT molecular complexity index is 592. The highest BCUT2D eigenvalue weighted by molar-refractivity contribution is 6.07. The van der Waals surface area contributed by atoms with Crippen molar-refractivity contribution in [3.8, 4) is 0 Å². The molecule has 0 saturated carbocycles. The van der Waals surface area contributed by atoms with Crippen molar-refractivity contribution in [3.05, 3.63) is 41.6 Å². The molecule has 2 aromatic rings. The number of nitrogens with two attached hydrogens (primary N) is 1. The molecule has 0 atom stereocenters. The number of methoxy groups -OCH3 is 1. The van der Waals surface area contributed by atoms with Gasteiger partial charge in [0, 0.05) is 19.8 Å². The third kappa shape index (κ3) is 2.92. The SMILES string of the molecule is COCc1cccc(NC(=O)c2cnn(C)c2N)c1. The molecular weight excluding hydrogens is 244 g/mol. The van der Waals surface area contributed by atoms with Crippen molar-refractivity contribution in [3.63, 3.8) is 0 Å². The summed E-state index contributed by atoms with van der Waals surface area (Å²) in [5, 5.41) is 6.72. The predicted octanol–water partition coefficient (Wildman–Crippen LogP) is 1.40. The average molecular weight is 260 g/mol. The number of carbonyl (C=O) groups is 1. The van der Waals surface area contributed by atoms with Crippen LogP contribution >= 0.6 is 0 Å². The van der Waals surface area contributed by atoms with Crippen molar-refractivity contribution in [1.29, 1.82) is 0 Å². The van der Waals surface area contributed by atoms with Crippen molar-refractivity contribution in [2.75, 3.05) is 18.2 Å². The van der Waals surface area contributed by atoms with E-state index < -0.39 is 0 Å². The molecule has 1 amide bonds. The molecule has 2 rings (SSSR count). The van der Waals surface area contributed by atoms with Crippen LogP contribution in [-0.2, 0) is 18.4 Å². The molecule has 0 aliphatic carbocycles. The molecule has 1 aromatic heterocycles. The van der Waals surface area contributed by atoms with Crippen LogP contribution in [0.1, 0.15) is 15.9 Å². The number of aryl methyl sites for hydroxylation is 1. The summed E-state index contributed by atoms with van der Waals surface area (Å²) in [5.41, 5.74) is 7.80. The van der Waals surface area contributed by atoms with E-state index in [1.54, 1.807) is 14.2 Å². The molecule has 6 heteroatoms. The highest BCUT2D eigenvalue weighted by Crippen LogP contribution is 2.15. The third-order valence-corrected chi connectivity index (χ3v) is 2.73. The largest absolute Gasteiger partial charge is 0.383 e. The van der Waals surface area contributed by atoms with Crippen molar-refractivity contribution in [2.24, 2.45) is 7.05 Å². The molecule has 6 nitrogen and oxygen atoms in total. The van der Waals surface area contributed by atoms with E-state index >= 15 is 0 Å². The van der Waals surface area contributed by atoms with Gasteiger partial charge in [-0.1, -0.05) is 12.1 Å². The Balaban J connectivity index is 2.15. The molecule has 19 heavy (non-hydrogen) atoms. The molecule has 0 unspecified atom stereocenters. The Morgan fingerprint density at radius 3 is 2.95 bits per heavy atom. The van der Waals surface area contributed by atoms with E-state index in [4.69, 9.17) is 10.5 Å². The average Bonchev–Trinajstić information content (AvgIpc) is 2.71. The second-order valence-corrected chi connectivity index (χ2v) is 4.15. The van der Waals surface area contributed by atoms with Crippen LogP contribution in [0.2, 0.25) is 0 Å². The highest BCUT2D eigenvalue weighted by Gasteiger charge is 2.13. The molecule has 0 radical (unpaired) electrons. The summed E-state index contributed by atoms with van der Waals surface area (Å²) in [4.78, 5) is 12.0. The molecule has 1 heterocycles. The quantitative estimate of drug-likeness (QED) is 0.870. The summed E-state index contributed by atoms with van der Waals surface area (Å²) in [6.45, 7) is 0.499. The lowest BCUT2D eigenvalue weighted by molar-refractivity contribution is 0.102. The number of amides is 1. The normalized spacial score (nSPS) is 10.4. The Morgan fingerprint density at radius 1 is 1.53 bits per heavy atom. The fourth-order valence-electron chi connectivity index (χ4n) is 1.73. The van der Waals surface area contributed by atoms with Gasteiger partial charge < -0.3 is 15.8 Å². The first-order valence-electron chi connectivity index (χ1n) is 5.78. The molecular formula is C13H16N4O2. The number of aromatic nitrogens is 2. The first kappa shape index (κ1) is 13.1. The molecule has 0 bridgehead atoms. The zero-order valence-corrected chi connectivity index (χ0v) is 10.9. The van der Waals surface area contributed by atoms with Gasteiger partial charge in [-0.15, -0.1) is 0 Å². The molecule has 0 saturated heterocycles. The smallest absolute Gasteiger partial charge is 0.261 e. The summed E-state index contributed by atoms with van der Waals surface area (Å²) >= 11 is 0. The van der Waals surface area contributed by atoms with E-state index in [9.17, 15) is 4.79 Å². The first-order valence-corrected chi connectivity index (χ1v) is 5.78. The predicted molar refractivity (Wildman–Crippen MR) is 72.7 cm³/mol. The zero-order chi connectivity index (χ0) is 13.8. The van der Waals surface area contributed by atoms with Gasteiger partial charge in [-0.3, -0.25) is 9.48 Å². The van der Waals surface area contributed by atoms with Crippen molar-refractivity contribution < 1.29 is 9.53 Å². The maximum atomic E-state index is 12.0. The molecule has 100 valence electrons. The van der Waals surface area contributed by atoms with Crippen molar-refractivity contribution in [2.45, 2.75) is 6.61 Å². The summed E-state index contributed by atoms with van der Waals surface area (Å²) < 4.78 is 6.50. The van der Waals surface area contributed by atoms with Gasteiger partial charge in [0.05, 0.1) is 12.8 Å². The maximum Gasteiger partial charge on any atom is 0.261 e. The molecule has 3 N–H and O–H groups in total. The second kappa shape index (κ2) is 5.53. The highest BCUT2D eigenvalue weighted by atomic mass is 16.5. The minimum atomic E-state index is -0.278. The Kier molecular flexibility index (Phi) is 3.82. The molecule has 0 spiro atoms. The van der Waals surface area contributed by atoms with Crippen LogP contribution < -0.4 is 11.1 Å². The van der Waals surface area contributed by atoms with Gasteiger partial charge >= 0.3 is 0 Å². The van der Waals surface area contributed by atoms with Crippen LogP contribution in [0.3, 0.4) is 0 Å². The molecule has 0 fully saturated rings. The van der Waals surface area contributed by atoms with E-state index in [1.165, 1.54) is 10.9 Å². The number of benzene rings is 1. The van der Waals surface area contributed by atoms with E-state index in [1.807, 2.05) is 24.3 Å². The van der Waals surface area contributed by atoms with Gasteiger partial charge in [0.15, 0.2) is 0 Å². The van der Waals surface area contributed by atoms with Crippen LogP contribution in [0.15, 0.2) is 30.5 Å². The van der Waals surface area contributed by atoms with Crippen LogP contribution in [-0.4, -0.2) is 22.8 Å². The number of hydrogen-bond donors (Lipinski definition) is 2. The molecule has 1 aromatic carbocycles. The Morgan fingerprint density at radius 2 is 2.32 bits per heavy atom. The standard InChI is InChI=1S/C13H16N4O2/c1-17-12(14)11(7-15-17)13(18)16-10-5-3-4-9(6-10)8-19-2/h3-7H,8,14H2,1-2H3,(H,16,18). The van der Waals surface area contributed by atoms with E-state index in [0.29, 0.717) is 23.7 Å². The van der Waals surface area contributed by atoms with Crippen LogP contribution in [0.25, 0.3) is 0 Å². The number of nitrogens with one attached hydrogen (secondary N) is 1. The van der Waals surface area contributed by atoms with Gasteiger partial charge in [0.25, 0.3) is 5.91 Å². The zero-order valence-electron chi connectivity index (χ0n) is 10.9. The minimum Gasteiger partial charge on any atom is -0.383 e. The van der Waals surface area contributed by atoms with Gasteiger partial charge in [-0.05, 0) is 17.7 Å². The summed E-state index contributed by atoms with van der Waals surface area (Å²) in [7, 11) is 3.31. The van der Waals surface area contributed by atoms with Crippen LogP contribution in [0.4, 0.5) is 11.5 Å². The van der Waals surface area contributed by atoms with Crippen molar-refractivity contribution in [1.82, 2.24) is 9.78 Å².